The van der Waals surface area contributed by atoms with E-state index in [-0.39, 0.29) is 11.3 Å². The third-order valence-corrected chi connectivity index (χ3v) is 3.11. The summed E-state index contributed by atoms with van der Waals surface area (Å²) in [4.78, 5) is 24.8. The minimum absolute atomic E-state index is 0.172. The Morgan fingerprint density at radius 3 is 2.55 bits per heavy atom. The minimum Gasteiger partial charge on any atom is -0.320 e. The second-order valence-electron chi connectivity index (χ2n) is 4.47. The van der Waals surface area contributed by atoms with E-state index in [0.717, 1.165) is 12.1 Å². The summed E-state index contributed by atoms with van der Waals surface area (Å²) in [7, 11) is 1.75. The first kappa shape index (κ1) is 14.5. The first-order valence-electron chi connectivity index (χ1n) is 6.08. The Morgan fingerprint density at radius 1 is 1.25 bits per heavy atom. The monoisotopic (exact) mass is 286 g/mol. The minimum atomic E-state index is -4.53. The first-order chi connectivity index (χ1) is 9.36. The molecule has 0 atom stereocenters. The molecule has 108 valence electrons. The van der Waals surface area contributed by atoms with Crippen molar-refractivity contribution >= 4 is 17.4 Å². The van der Waals surface area contributed by atoms with Crippen LogP contribution in [-0.4, -0.2) is 31.8 Å². The molecule has 0 saturated heterocycles. The van der Waals surface area contributed by atoms with Crippen LogP contribution in [0.4, 0.5) is 18.9 Å². The van der Waals surface area contributed by atoms with Crippen molar-refractivity contribution in [3.63, 3.8) is 0 Å². The number of nitrogens with one attached hydrogen (secondary N) is 1. The number of fused-ring (bicyclic) bond motifs is 1. The van der Waals surface area contributed by atoms with Crippen LogP contribution in [0.15, 0.2) is 18.2 Å². The van der Waals surface area contributed by atoms with E-state index in [0.29, 0.717) is 19.5 Å². The van der Waals surface area contributed by atoms with E-state index < -0.39 is 23.4 Å². The molecule has 0 aliphatic carbocycles. The molecule has 1 heterocycles. The molecule has 4 nitrogen and oxygen atoms in total. The van der Waals surface area contributed by atoms with Crippen LogP contribution in [0.25, 0.3) is 0 Å². The lowest BCUT2D eigenvalue weighted by Gasteiger charge is -2.16. The molecule has 0 spiro atoms. The normalized spacial score (nSPS) is 14.9. The molecule has 1 aliphatic heterocycles. The number of benzene rings is 1. The summed E-state index contributed by atoms with van der Waals surface area (Å²) in [6.45, 7) is 0.942. The highest BCUT2D eigenvalue weighted by Crippen LogP contribution is 2.35. The van der Waals surface area contributed by atoms with Gasteiger partial charge in [-0.1, -0.05) is 0 Å². The molecule has 20 heavy (non-hydrogen) atoms. The first-order valence-corrected chi connectivity index (χ1v) is 6.08. The number of amides is 1. The Hall–Kier alpha value is -1.89. The van der Waals surface area contributed by atoms with Crippen molar-refractivity contribution in [1.82, 2.24) is 5.32 Å². The van der Waals surface area contributed by atoms with Gasteiger partial charge in [0.05, 0.1) is 16.8 Å². The van der Waals surface area contributed by atoms with E-state index in [9.17, 15) is 22.8 Å². The van der Waals surface area contributed by atoms with Crippen molar-refractivity contribution in [1.29, 1.82) is 0 Å². The second-order valence-corrected chi connectivity index (χ2v) is 4.47. The van der Waals surface area contributed by atoms with E-state index in [1.54, 1.807) is 7.05 Å². The third kappa shape index (κ3) is 2.53. The van der Waals surface area contributed by atoms with E-state index in [1.807, 2.05) is 0 Å². The number of nitrogens with zero attached hydrogens (tertiary/aromatic N) is 1. The zero-order valence-electron chi connectivity index (χ0n) is 10.8. The molecule has 1 amide bonds. The average molecular weight is 286 g/mol. The van der Waals surface area contributed by atoms with Crippen LogP contribution in [0.3, 0.4) is 0 Å². The number of alkyl halides is 3. The Morgan fingerprint density at radius 2 is 1.95 bits per heavy atom. The van der Waals surface area contributed by atoms with Crippen LogP contribution in [0.1, 0.15) is 22.3 Å². The van der Waals surface area contributed by atoms with Gasteiger partial charge in [0.1, 0.15) is 0 Å². The number of Topliss-reactive ketones (excluding diaryl/α,β-unsaturated/α-hetero) is 1. The lowest BCUT2D eigenvalue weighted by molar-refractivity contribution is -0.137. The fourth-order valence-corrected chi connectivity index (χ4v) is 2.11. The maximum Gasteiger partial charge on any atom is 0.416 e. The van der Waals surface area contributed by atoms with Gasteiger partial charge in [-0.2, -0.15) is 13.2 Å². The summed E-state index contributed by atoms with van der Waals surface area (Å²) >= 11 is 0. The number of halogens is 3. The fraction of sp³-hybridized carbons (Fsp3) is 0.385. The van der Waals surface area contributed by atoms with Gasteiger partial charge >= 0.3 is 6.18 Å². The maximum absolute atomic E-state index is 12.6. The number of anilines is 1. The van der Waals surface area contributed by atoms with Gasteiger partial charge in [0.25, 0.3) is 11.7 Å². The Bertz CT molecular complexity index is 555. The SMILES string of the molecule is CNCCCN1C(=O)C(=O)c2cc(C(F)(F)F)ccc21. The van der Waals surface area contributed by atoms with Crippen LogP contribution in [0.2, 0.25) is 0 Å². The van der Waals surface area contributed by atoms with E-state index in [2.05, 4.69) is 5.32 Å². The van der Waals surface area contributed by atoms with Crippen LogP contribution >= 0.6 is 0 Å². The highest BCUT2D eigenvalue weighted by molar-refractivity contribution is 6.52. The molecular weight excluding hydrogens is 273 g/mol. The molecule has 0 aromatic heterocycles. The van der Waals surface area contributed by atoms with Crippen molar-refractivity contribution in [2.75, 3.05) is 25.0 Å². The van der Waals surface area contributed by atoms with E-state index in [1.165, 1.54) is 11.0 Å². The smallest absolute Gasteiger partial charge is 0.320 e. The van der Waals surface area contributed by atoms with Gasteiger partial charge in [-0.05, 0) is 38.2 Å². The molecule has 0 radical (unpaired) electrons. The lowest BCUT2D eigenvalue weighted by Crippen LogP contribution is -2.32. The largest absolute Gasteiger partial charge is 0.416 e. The molecule has 2 rings (SSSR count). The Labute approximate surface area is 113 Å². The molecule has 1 aromatic carbocycles. The average Bonchev–Trinajstić information content (AvgIpc) is 2.63. The molecule has 0 fully saturated rings. The fourth-order valence-electron chi connectivity index (χ4n) is 2.11. The van der Waals surface area contributed by atoms with Crippen molar-refractivity contribution in [2.45, 2.75) is 12.6 Å². The summed E-state index contributed by atoms with van der Waals surface area (Å²) in [6, 6.07) is 2.81. The second kappa shape index (κ2) is 5.24. The predicted octanol–water partition coefficient (Wildman–Crippen LogP) is 1.84. The quantitative estimate of drug-likeness (QED) is 0.679. The number of hydrogen-bond acceptors (Lipinski definition) is 3. The molecule has 0 saturated carbocycles. The summed E-state index contributed by atoms with van der Waals surface area (Å²) in [5.74, 6) is -1.65. The van der Waals surface area contributed by atoms with Gasteiger partial charge < -0.3 is 10.2 Å². The van der Waals surface area contributed by atoms with E-state index in [4.69, 9.17) is 0 Å². The summed E-state index contributed by atoms with van der Waals surface area (Å²) < 4.78 is 37.8. The standard InChI is InChI=1S/C13H13F3N2O2/c1-17-5-2-6-18-10-4-3-8(13(14,15)16)7-9(10)11(19)12(18)20/h3-4,7,17H,2,5-6H2,1H3. The number of carbonyl (C=O) groups is 2. The van der Waals surface area contributed by atoms with Gasteiger partial charge in [0.2, 0.25) is 0 Å². The van der Waals surface area contributed by atoms with Crippen molar-refractivity contribution in [3.05, 3.63) is 29.3 Å². The Kier molecular flexibility index (Phi) is 3.80. The summed E-state index contributed by atoms with van der Waals surface area (Å²) in [6.07, 6.45) is -3.92. The van der Waals surface area contributed by atoms with Crippen molar-refractivity contribution in [2.24, 2.45) is 0 Å². The highest BCUT2D eigenvalue weighted by Gasteiger charge is 2.38. The predicted molar refractivity (Wildman–Crippen MR) is 66.7 cm³/mol. The van der Waals surface area contributed by atoms with Crippen LogP contribution < -0.4 is 10.2 Å². The van der Waals surface area contributed by atoms with Crippen LogP contribution in [0, 0.1) is 0 Å². The zero-order valence-corrected chi connectivity index (χ0v) is 10.8. The highest BCUT2D eigenvalue weighted by atomic mass is 19.4. The molecule has 1 N–H and O–H groups in total. The molecule has 0 bridgehead atoms. The third-order valence-electron chi connectivity index (χ3n) is 3.11. The van der Waals surface area contributed by atoms with Gasteiger partial charge in [0.15, 0.2) is 0 Å². The molecule has 1 aromatic rings. The molecule has 7 heteroatoms. The summed E-state index contributed by atoms with van der Waals surface area (Å²) in [5, 5.41) is 2.90. The van der Waals surface area contributed by atoms with Gasteiger partial charge in [-0.25, -0.2) is 0 Å². The maximum atomic E-state index is 12.6. The van der Waals surface area contributed by atoms with Crippen molar-refractivity contribution < 1.29 is 22.8 Å². The Balaban J connectivity index is 2.32. The number of carbonyl (C=O) groups excluding carboxylic acids is 2. The van der Waals surface area contributed by atoms with Crippen LogP contribution in [-0.2, 0) is 11.0 Å². The zero-order chi connectivity index (χ0) is 14.9. The number of rotatable bonds is 4. The summed E-state index contributed by atoms with van der Waals surface area (Å²) in [5.41, 5.74) is -0.840. The molecular formula is C13H13F3N2O2. The van der Waals surface area contributed by atoms with Gasteiger partial charge in [-0.3, -0.25) is 9.59 Å². The van der Waals surface area contributed by atoms with Crippen molar-refractivity contribution in [3.8, 4) is 0 Å². The van der Waals surface area contributed by atoms with Gasteiger partial charge in [0, 0.05) is 6.54 Å². The van der Waals surface area contributed by atoms with Gasteiger partial charge in [-0.15, -0.1) is 0 Å². The van der Waals surface area contributed by atoms with E-state index >= 15 is 0 Å². The number of hydrogen-bond donors (Lipinski definition) is 1. The number of ketones is 1. The van der Waals surface area contributed by atoms with Crippen LogP contribution in [0.5, 0.6) is 0 Å². The topological polar surface area (TPSA) is 49.4 Å². The molecule has 0 unspecified atom stereocenters. The molecule has 1 aliphatic rings. The lowest BCUT2D eigenvalue weighted by atomic mass is 10.1.